The highest BCUT2D eigenvalue weighted by Gasteiger charge is 2.22. The van der Waals surface area contributed by atoms with Crippen molar-refractivity contribution in [3.63, 3.8) is 0 Å². The lowest BCUT2D eigenvalue weighted by molar-refractivity contribution is -0.143. The molecule has 196 valence electrons. The summed E-state index contributed by atoms with van der Waals surface area (Å²) in [5.74, 6) is 0.223. The Balaban J connectivity index is 1.98. The molecular formula is C31H54O3. The van der Waals surface area contributed by atoms with E-state index in [1.165, 1.54) is 83.5 Å². The fourth-order valence-corrected chi connectivity index (χ4v) is 4.45. The molecule has 0 heterocycles. The van der Waals surface area contributed by atoms with Crippen molar-refractivity contribution >= 4 is 5.97 Å². The molecular weight excluding hydrogens is 420 g/mol. The van der Waals surface area contributed by atoms with Crippen LogP contribution in [0.3, 0.4) is 0 Å². The normalized spacial score (nSPS) is 11.6. The number of hydrogen-bond acceptors (Lipinski definition) is 3. The number of ether oxygens (including phenoxy) is 1. The molecule has 0 unspecified atom stereocenters. The Hall–Kier alpha value is -1.51. The highest BCUT2D eigenvalue weighted by atomic mass is 16.5. The van der Waals surface area contributed by atoms with Crippen LogP contribution in [0.2, 0.25) is 0 Å². The van der Waals surface area contributed by atoms with E-state index in [-0.39, 0.29) is 11.4 Å². The number of hydrogen-bond donors (Lipinski definition) is 1. The van der Waals surface area contributed by atoms with Gasteiger partial charge in [0.25, 0.3) is 0 Å². The first-order valence-electron chi connectivity index (χ1n) is 14.4. The van der Waals surface area contributed by atoms with E-state index in [4.69, 9.17) is 4.74 Å². The number of aromatic hydroxyl groups is 1. The minimum atomic E-state index is -0.116. The van der Waals surface area contributed by atoms with Gasteiger partial charge in [-0.1, -0.05) is 130 Å². The third-order valence-corrected chi connectivity index (χ3v) is 7.30. The first-order chi connectivity index (χ1) is 16.4. The van der Waals surface area contributed by atoms with Gasteiger partial charge < -0.3 is 9.84 Å². The van der Waals surface area contributed by atoms with Crippen LogP contribution in [0, 0.1) is 0 Å². The molecule has 0 amide bonds. The van der Waals surface area contributed by atoms with Crippen molar-refractivity contribution in [2.24, 2.45) is 0 Å². The van der Waals surface area contributed by atoms with Crippen LogP contribution in [0.1, 0.15) is 148 Å². The number of phenolic OH excluding ortho intramolecular Hbond substituents is 1. The number of esters is 1. The maximum Gasteiger partial charge on any atom is 0.306 e. The van der Waals surface area contributed by atoms with Gasteiger partial charge in [0.1, 0.15) is 5.75 Å². The maximum atomic E-state index is 12.1. The minimum Gasteiger partial charge on any atom is -0.508 e. The average Bonchev–Trinajstić information content (AvgIpc) is 2.83. The number of unbranched alkanes of at least 4 members (excludes halogenated alkanes) is 14. The summed E-state index contributed by atoms with van der Waals surface area (Å²) in [6, 6.07) is 5.70. The van der Waals surface area contributed by atoms with E-state index in [2.05, 4.69) is 27.7 Å². The third kappa shape index (κ3) is 14.0. The lowest BCUT2D eigenvalue weighted by Crippen LogP contribution is -2.16. The summed E-state index contributed by atoms with van der Waals surface area (Å²) in [5.41, 5.74) is 1.96. The van der Waals surface area contributed by atoms with Crippen LogP contribution >= 0.6 is 0 Å². The first kappa shape index (κ1) is 30.5. The van der Waals surface area contributed by atoms with Gasteiger partial charge in [0.15, 0.2) is 0 Å². The number of rotatable bonds is 21. The van der Waals surface area contributed by atoms with Gasteiger partial charge in [-0.3, -0.25) is 4.79 Å². The zero-order chi connectivity index (χ0) is 25.1. The molecule has 0 aliphatic heterocycles. The molecule has 1 aromatic carbocycles. The van der Waals surface area contributed by atoms with Crippen LogP contribution < -0.4 is 0 Å². The molecule has 0 spiro atoms. The highest BCUT2D eigenvalue weighted by Crippen LogP contribution is 2.34. The second-order valence-electron chi connectivity index (χ2n) is 10.8. The van der Waals surface area contributed by atoms with Crippen LogP contribution in [-0.2, 0) is 21.4 Å². The molecule has 0 fully saturated rings. The topological polar surface area (TPSA) is 46.5 Å². The molecule has 1 aromatic rings. The molecule has 1 rings (SSSR count). The van der Waals surface area contributed by atoms with Gasteiger partial charge in [0.05, 0.1) is 6.61 Å². The second kappa shape index (κ2) is 18.8. The number of phenols is 1. The van der Waals surface area contributed by atoms with Gasteiger partial charge in [-0.25, -0.2) is 0 Å². The summed E-state index contributed by atoms with van der Waals surface area (Å²) in [6.07, 6.45) is 22.1. The Labute approximate surface area is 211 Å². The quantitative estimate of drug-likeness (QED) is 0.142. The van der Waals surface area contributed by atoms with Crippen LogP contribution in [0.5, 0.6) is 5.75 Å². The van der Waals surface area contributed by atoms with Crippen molar-refractivity contribution in [2.45, 2.75) is 149 Å². The van der Waals surface area contributed by atoms with Gasteiger partial charge >= 0.3 is 5.97 Å². The third-order valence-electron chi connectivity index (χ3n) is 7.30. The van der Waals surface area contributed by atoms with Crippen LogP contribution in [-0.4, -0.2) is 17.7 Å². The molecule has 0 bridgehead atoms. The largest absolute Gasteiger partial charge is 0.508 e. The number of aryl methyl sites for hydroxylation is 1. The number of carbonyl (C=O) groups is 1. The van der Waals surface area contributed by atoms with Crippen molar-refractivity contribution in [3.8, 4) is 5.75 Å². The first-order valence-corrected chi connectivity index (χ1v) is 14.4. The molecule has 0 radical (unpaired) electrons. The standard InChI is InChI=1S/C31H54O3/c1-5-7-8-9-10-11-12-13-14-15-16-17-18-19-20-25-34-30(33)24-22-27-21-23-29(32)28(26-27)31(3,4)6-2/h21,23,26,32H,5-20,22,24-25H2,1-4H3. The predicted octanol–water partition coefficient (Wildman–Crippen LogP) is 9.43. The Morgan fingerprint density at radius 2 is 1.29 bits per heavy atom. The lowest BCUT2D eigenvalue weighted by Gasteiger charge is -2.25. The second-order valence-corrected chi connectivity index (χ2v) is 10.8. The summed E-state index contributed by atoms with van der Waals surface area (Å²) in [4.78, 5) is 12.1. The maximum absolute atomic E-state index is 12.1. The van der Waals surface area contributed by atoms with Gasteiger partial charge in [-0.15, -0.1) is 0 Å². The van der Waals surface area contributed by atoms with Gasteiger partial charge in [0.2, 0.25) is 0 Å². The van der Waals surface area contributed by atoms with Gasteiger partial charge in [-0.05, 0) is 41.9 Å². The molecule has 0 saturated carbocycles. The molecule has 0 aliphatic rings. The van der Waals surface area contributed by atoms with E-state index in [9.17, 15) is 9.90 Å². The lowest BCUT2D eigenvalue weighted by atomic mass is 9.81. The zero-order valence-corrected chi connectivity index (χ0v) is 22.9. The summed E-state index contributed by atoms with van der Waals surface area (Å²) in [6.45, 7) is 9.22. The van der Waals surface area contributed by atoms with Gasteiger partial charge in [0, 0.05) is 6.42 Å². The summed E-state index contributed by atoms with van der Waals surface area (Å²) >= 11 is 0. The van der Waals surface area contributed by atoms with E-state index in [1.54, 1.807) is 6.07 Å². The molecule has 0 aliphatic carbocycles. The smallest absolute Gasteiger partial charge is 0.306 e. The van der Waals surface area contributed by atoms with Crippen molar-refractivity contribution in [1.82, 2.24) is 0 Å². The molecule has 34 heavy (non-hydrogen) atoms. The van der Waals surface area contributed by atoms with E-state index in [0.29, 0.717) is 25.2 Å². The monoisotopic (exact) mass is 474 g/mol. The van der Waals surface area contributed by atoms with E-state index in [0.717, 1.165) is 30.4 Å². The molecule has 0 aromatic heterocycles. The Morgan fingerprint density at radius 3 is 1.79 bits per heavy atom. The Kier molecular flexibility index (Phi) is 16.9. The van der Waals surface area contributed by atoms with Crippen molar-refractivity contribution < 1.29 is 14.6 Å². The van der Waals surface area contributed by atoms with Crippen LogP contribution in [0.25, 0.3) is 0 Å². The van der Waals surface area contributed by atoms with Crippen molar-refractivity contribution in [1.29, 1.82) is 0 Å². The SMILES string of the molecule is CCCCCCCCCCCCCCCCCOC(=O)CCc1ccc(O)c(C(C)(C)CC)c1. The molecule has 0 saturated heterocycles. The molecule has 1 N–H and O–H groups in total. The van der Waals surface area contributed by atoms with E-state index >= 15 is 0 Å². The zero-order valence-electron chi connectivity index (χ0n) is 22.9. The molecule has 3 nitrogen and oxygen atoms in total. The summed E-state index contributed by atoms with van der Waals surface area (Å²) in [7, 11) is 0. The molecule has 3 heteroatoms. The van der Waals surface area contributed by atoms with Crippen LogP contribution in [0.4, 0.5) is 0 Å². The predicted molar refractivity (Wildman–Crippen MR) is 146 cm³/mol. The highest BCUT2D eigenvalue weighted by molar-refractivity contribution is 5.69. The van der Waals surface area contributed by atoms with E-state index in [1.807, 2.05) is 12.1 Å². The molecule has 0 atom stereocenters. The summed E-state index contributed by atoms with van der Waals surface area (Å²) < 4.78 is 5.43. The summed E-state index contributed by atoms with van der Waals surface area (Å²) in [5, 5.41) is 10.2. The minimum absolute atomic E-state index is 0.0752. The fraction of sp³-hybridized carbons (Fsp3) is 0.774. The van der Waals surface area contributed by atoms with Gasteiger partial charge in [-0.2, -0.15) is 0 Å². The number of carbonyl (C=O) groups excluding carboxylic acids is 1. The van der Waals surface area contributed by atoms with Crippen LogP contribution in [0.15, 0.2) is 18.2 Å². The fourth-order valence-electron chi connectivity index (χ4n) is 4.45. The Bertz CT molecular complexity index is 650. The Morgan fingerprint density at radius 1 is 0.794 bits per heavy atom. The average molecular weight is 475 g/mol. The van der Waals surface area contributed by atoms with E-state index < -0.39 is 0 Å². The number of benzene rings is 1. The van der Waals surface area contributed by atoms with Crippen molar-refractivity contribution in [2.75, 3.05) is 6.61 Å². The van der Waals surface area contributed by atoms with Crippen molar-refractivity contribution in [3.05, 3.63) is 29.3 Å².